The van der Waals surface area contributed by atoms with Crippen LogP contribution in [-0.4, -0.2) is 80.8 Å². The van der Waals surface area contributed by atoms with Crippen LogP contribution in [-0.2, 0) is 49.3 Å². The number of ether oxygens (including phenoxy) is 5. The van der Waals surface area contributed by atoms with Crippen molar-refractivity contribution in [2.24, 2.45) is 0 Å². The highest BCUT2D eigenvalue weighted by Gasteiger charge is 2.52. The van der Waals surface area contributed by atoms with Crippen molar-refractivity contribution in [1.82, 2.24) is 10.6 Å². The molecular weight excluding hydrogens is 600 g/mol. The van der Waals surface area contributed by atoms with E-state index in [1.54, 1.807) is 30.3 Å². The van der Waals surface area contributed by atoms with Gasteiger partial charge in [0.2, 0.25) is 0 Å². The summed E-state index contributed by atoms with van der Waals surface area (Å²) in [5, 5.41) is 5.11. The van der Waals surface area contributed by atoms with Crippen LogP contribution < -0.4 is 10.6 Å². The van der Waals surface area contributed by atoms with Crippen LogP contribution in [0.2, 0.25) is 0 Å². The van der Waals surface area contributed by atoms with Gasteiger partial charge in [-0.2, -0.15) is 0 Å². The number of benzene rings is 2. The molecule has 0 aliphatic carbocycles. The van der Waals surface area contributed by atoms with E-state index in [9.17, 15) is 28.8 Å². The van der Waals surface area contributed by atoms with Crippen LogP contribution >= 0.6 is 0 Å². The highest BCUT2D eigenvalue weighted by Crippen LogP contribution is 2.38. The lowest BCUT2D eigenvalue weighted by Gasteiger charge is -2.44. The summed E-state index contributed by atoms with van der Waals surface area (Å²) in [6.45, 7) is 4.38. The molecule has 246 valence electrons. The predicted molar refractivity (Wildman–Crippen MR) is 163 cm³/mol. The third kappa shape index (κ3) is 9.73. The van der Waals surface area contributed by atoms with Gasteiger partial charge in [-0.25, -0.2) is 0 Å². The third-order valence-corrected chi connectivity index (χ3v) is 6.87. The van der Waals surface area contributed by atoms with Gasteiger partial charge in [-0.1, -0.05) is 36.4 Å². The Morgan fingerprint density at radius 3 is 1.85 bits per heavy atom. The van der Waals surface area contributed by atoms with Crippen LogP contribution in [0.4, 0.5) is 0 Å². The standard InChI is InChI=1S/C33H38N2O11/c1-18(36)42-17-27-29(43-19(2)37)31(45-21(4)39)30(44-20(3)38)28(46-27)24-12-8-10-22(13-24)9-7-11-23-14-25(32(40)34-5)16-26(15-23)33(41)35-6/h7-8,10-16,27-31H,9,17H2,1-6H3,(H,34,40)(H,35,41)/t27-,28-,29-,30-,31+/m1/s1. The summed E-state index contributed by atoms with van der Waals surface area (Å²) in [6, 6.07) is 12.0. The Balaban J connectivity index is 1.97. The second kappa shape index (κ2) is 16.3. The van der Waals surface area contributed by atoms with Crippen LogP contribution in [0.15, 0.2) is 48.5 Å². The first-order valence-corrected chi connectivity index (χ1v) is 14.5. The molecule has 1 saturated heterocycles. The van der Waals surface area contributed by atoms with Crippen molar-refractivity contribution in [3.63, 3.8) is 0 Å². The summed E-state index contributed by atoms with van der Waals surface area (Å²) in [7, 11) is 3.01. The molecule has 0 saturated carbocycles. The first-order valence-electron chi connectivity index (χ1n) is 14.5. The Bertz CT molecular complexity index is 1470. The second-order valence-corrected chi connectivity index (χ2v) is 10.5. The quantitative estimate of drug-likeness (QED) is 0.274. The van der Waals surface area contributed by atoms with E-state index in [-0.39, 0.29) is 18.4 Å². The Labute approximate surface area is 266 Å². The molecule has 2 aromatic rings. The molecule has 2 N–H and O–H groups in total. The molecule has 13 nitrogen and oxygen atoms in total. The zero-order valence-corrected chi connectivity index (χ0v) is 26.5. The molecule has 2 aromatic carbocycles. The molecule has 1 aliphatic rings. The van der Waals surface area contributed by atoms with Gasteiger partial charge in [0.25, 0.3) is 11.8 Å². The minimum absolute atomic E-state index is 0.328. The smallest absolute Gasteiger partial charge is 0.303 e. The van der Waals surface area contributed by atoms with Crippen molar-refractivity contribution in [2.75, 3.05) is 20.7 Å². The molecule has 0 unspecified atom stereocenters. The highest BCUT2D eigenvalue weighted by molar-refractivity contribution is 6.00. The van der Waals surface area contributed by atoms with Gasteiger partial charge in [0.1, 0.15) is 18.8 Å². The minimum atomic E-state index is -1.28. The molecule has 1 heterocycles. The lowest BCUT2D eigenvalue weighted by molar-refractivity contribution is -0.254. The molecule has 1 aliphatic heterocycles. The largest absolute Gasteiger partial charge is 0.463 e. The number of hydrogen-bond donors (Lipinski definition) is 2. The van der Waals surface area contributed by atoms with Gasteiger partial charge in [0.15, 0.2) is 18.3 Å². The topological polar surface area (TPSA) is 173 Å². The fourth-order valence-corrected chi connectivity index (χ4v) is 5.02. The Kier molecular flexibility index (Phi) is 12.6. The molecule has 0 radical (unpaired) electrons. The normalized spacial score (nSPS) is 20.7. The fraction of sp³-hybridized carbons (Fsp3) is 0.394. The molecule has 1 fully saturated rings. The molecule has 13 heteroatoms. The second-order valence-electron chi connectivity index (χ2n) is 10.5. The molecule has 5 atom stereocenters. The summed E-state index contributed by atoms with van der Waals surface area (Å²) < 4.78 is 28.0. The number of esters is 4. The Morgan fingerprint density at radius 1 is 0.739 bits per heavy atom. The molecule has 2 amide bonds. The Hall–Kier alpha value is -5.04. The van der Waals surface area contributed by atoms with Gasteiger partial charge in [-0.05, 0) is 41.3 Å². The summed E-state index contributed by atoms with van der Waals surface area (Å²) >= 11 is 0. The van der Waals surface area contributed by atoms with E-state index < -0.39 is 54.4 Å². The number of rotatable bonds is 11. The van der Waals surface area contributed by atoms with E-state index in [1.807, 2.05) is 18.2 Å². The van der Waals surface area contributed by atoms with Gasteiger partial charge in [0, 0.05) is 52.9 Å². The van der Waals surface area contributed by atoms with Crippen molar-refractivity contribution in [3.05, 3.63) is 76.4 Å². The lowest BCUT2D eigenvalue weighted by atomic mass is 9.89. The average molecular weight is 639 g/mol. The maximum Gasteiger partial charge on any atom is 0.303 e. The van der Waals surface area contributed by atoms with Gasteiger partial charge in [0.05, 0.1) is 0 Å². The number of hydrogen-bond acceptors (Lipinski definition) is 11. The Morgan fingerprint density at radius 2 is 1.30 bits per heavy atom. The van der Waals surface area contributed by atoms with E-state index in [0.717, 1.165) is 19.4 Å². The molecule has 46 heavy (non-hydrogen) atoms. The SMILES string of the molecule is CNC(=O)c1cc(C=CCc2cccc([C@H]3O[C@H](COC(C)=O)[C@@H](OC(C)=O)[C@H](OC(C)=O)[C@@H]3OC(C)=O)c2)cc(C(=O)NC)c1. The monoisotopic (exact) mass is 638 g/mol. The fourth-order valence-electron chi connectivity index (χ4n) is 5.02. The van der Waals surface area contributed by atoms with Crippen molar-refractivity contribution in [2.45, 2.75) is 64.6 Å². The van der Waals surface area contributed by atoms with Crippen LogP contribution in [0.3, 0.4) is 0 Å². The number of carbonyl (C=O) groups is 6. The first kappa shape index (κ1) is 35.4. The maximum absolute atomic E-state index is 12.3. The third-order valence-electron chi connectivity index (χ3n) is 6.87. The molecular formula is C33H38N2O11. The van der Waals surface area contributed by atoms with E-state index in [1.165, 1.54) is 34.0 Å². The summed E-state index contributed by atoms with van der Waals surface area (Å²) in [4.78, 5) is 72.5. The van der Waals surface area contributed by atoms with Crippen molar-refractivity contribution >= 4 is 41.8 Å². The first-order chi connectivity index (χ1) is 21.8. The summed E-state index contributed by atoms with van der Waals surface area (Å²) in [6.07, 6.45) is -1.79. The van der Waals surface area contributed by atoms with Crippen LogP contribution in [0, 0.1) is 0 Å². The molecule has 0 spiro atoms. The van der Waals surface area contributed by atoms with E-state index >= 15 is 0 Å². The predicted octanol–water partition coefficient (Wildman–Crippen LogP) is 2.46. The zero-order valence-electron chi connectivity index (χ0n) is 26.5. The number of carbonyl (C=O) groups excluding carboxylic acids is 6. The lowest BCUT2D eigenvalue weighted by Crippen LogP contribution is -2.59. The van der Waals surface area contributed by atoms with E-state index in [0.29, 0.717) is 28.7 Å². The van der Waals surface area contributed by atoms with Crippen LogP contribution in [0.5, 0.6) is 0 Å². The molecule has 0 aromatic heterocycles. The molecule has 0 bridgehead atoms. The van der Waals surface area contributed by atoms with Gasteiger partial charge >= 0.3 is 23.9 Å². The van der Waals surface area contributed by atoms with Crippen molar-refractivity contribution in [1.29, 1.82) is 0 Å². The van der Waals surface area contributed by atoms with E-state index in [2.05, 4.69) is 10.6 Å². The van der Waals surface area contributed by atoms with Crippen molar-refractivity contribution in [3.8, 4) is 0 Å². The number of allylic oxidation sites excluding steroid dienone is 1. The summed E-state index contributed by atoms with van der Waals surface area (Å²) in [5.41, 5.74) is 2.65. The summed E-state index contributed by atoms with van der Waals surface area (Å²) in [5.74, 6) is -3.40. The molecule has 3 rings (SSSR count). The number of amides is 2. The van der Waals surface area contributed by atoms with Crippen molar-refractivity contribution < 1.29 is 52.5 Å². The highest BCUT2D eigenvalue weighted by atomic mass is 16.7. The van der Waals surface area contributed by atoms with E-state index in [4.69, 9.17) is 23.7 Å². The zero-order chi connectivity index (χ0) is 34.0. The van der Waals surface area contributed by atoms with Gasteiger partial charge in [-0.3, -0.25) is 28.8 Å². The average Bonchev–Trinajstić information content (AvgIpc) is 3.00. The van der Waals surface area contributed by atoms with Crippen LogP contribution in [0.25, 0.3) is 6.08 Å². The minimum Gasteiger partial charge on any atom is -0.463 e. The van der Waals surface area contributed by atoms with Gasteiger partial charge < -0.3 is 34.3 Å². The van der Waals surface area contributed by atoms with Gasteiger partial charge in [-0.15, -0.1) is 0 Å². The maximum atomic E-state index is 12.3. The van der Waals surface area contributed by atoms with Crippen LogP contribution in [0.1, 0.15) is 71.2 Å². The number of nitrogens with one attached hydrogen (secondary N) is 2.